The second kappa shape index (κ2) is 52.4. The van der Waals surface area contributed by atoms with Crippen molar-refractivity contribution in [1.29, 1.82) is 0 Å². The average Bonchev–Trinajstić information content (AvgIpc) is 3.30. The Morgan fingerprint density at radius 3 is 1.06 bits per heavy atom. The van der Waals surface area contributed by atoms with E-state index in [-0.39, 0.29) is 37.5 Å². The van der Waals surface area contributed by atoms with Gasteiger partial charge in [-0.05, 0) is 116 Å². The van der Waals surface area contributed by atoms with Gasteiger partial charge in [0.15, 0.2) is 6.10 Å². The van der Waals surface area contributed by atoms with Crippen LogP contribution in [-0.4, -0.2) is 37.2 Å². The Hall–Kier alpha value is -4.19. The highest BCUT2D eigenvalue weighted by Gasteiger charge is 2.19. The highest BCUT2D eigenvalue weighted by atomic mass is 16.6. The largest absolute Gasteiger partial charge is 0.462 e. The first kappa shape index (κ1) is 60.8. The van der Waals surface area contributed by atoms with E-state index in [4.69, 9.17) is 14.2 Å². The first-order valence-corrected chi connectivity index (χ1v) is 26.0. The van der Waals surface area contributed by atoms with Crippen LogP contribution in [0.2, 0.25) is 0 Å². The molecule has 0 bridgehead atoms. The van der Waals surface area contributed by atoms with Crippen LogP contribution in [0.15, 0.2) is 122 Å². The normalized spacial score (nSPS) is 13.1. The molecule has 0 spiro atoms. The van der Waals surface area contributed by atoms with E-state index in [0.29, 0.717) is 19.3 Å². The fourth-order valence-electron chi connectivity index (χ4n) is 6.59. The molecule has 0 rings (SSSR count). The predicted molar refractivity (Wildman–Crippen MR) is 279 cm³/mol. The third-order valence-corrected chi connectivity index (χ3v) is 10.4. The fraction of sp³-hybridized carbons (Fsp3) is 0.610. The zero-order chi connectivity index (χ0) is 47.2. The second-order valence-corrected chi connectivity index (χ2v) is 16.7. The molecule has 366 valence electrons. The summed E-state index contributed by atoms with van der Waals surface area (Å²) >= 11 is 0. The Kier molecular flexibility index (Phi) is 49.1. The third-order valence-electron chi connectivity index (χ3n) is 10.4. The quantitative estimate of drug-likeness (QED) is 0.0262. The SMILES string of the molecule is CC/C=C\C/C=C\C/C=C\C/C=C\C/C=C\CCCCCC(=O)OCC(COC(=O)CC/C=C\C/C=C\C/C=C\C/C=C\CC)OC(=O)CCCCCCC/C=C\CCCCCCCC. The van der Waals surface area contributed by atoms with Gasteiger partial charge in [0.2, 0.25) is 0 Å². The number of carbonyl (C=O) groups is 3. The minimum absolute atomic E-state index is 0.124. The second-order valence-electron chi connectivity index (χ2n) is 16.7. The molecule has 0 aromatic carbocycles. The zero-order valence-electron chi connectivity index (χ0n) is 41.7. The van der Waals surface area contributed by atoms with Crippen molar-refractivity contribution in [3.63, 3.8) is 0 Å². The number of rotatable bonds is 45. The van der Waals surface area contributed by atoms with Gasteiger partial charge in [0.1, 0.15) is 13.2 Å². The number of hydrogen-bond acceptors (Lipinski definition) is 6. The number of ether oxygens (including phenoxy) is 3. The van der Waals surface area contributed by atoms with Gasteiger partial charge in [-0.2, -0.15) is 0 Å². The summed E-state index contributed by atoms with van der Waals surface area (Å²) in [6.45, 7) is 6.28. The molecule has 6 heteroatoms. The van der Waals surface area contributed by atoms with Crippen LogP contribution in [0.25, 0.3) is 0 Å². The van der Waals surface area contributed by atoms with Crippen LogP contribution in [0.4, 0.5) is 0 Å². The molecule has 0 aliphatic heterocycles. The fourth-order valence-corrected chi connectivity index (χ4v) is 6.59. The van der Waals surface area contributed by atoms with Crippen LogP contribution in [0.5, 0.6) is 0 Å². The minimum atomic E-state index is -0.828. The van der Waals surface area contributed by atoms with E-state index < -0.39 is 6.10 Å². The molecule has 6 nitrogen and oxygen atoms in total. The lowest BCUT2D eigenvalue weighted by Gasteiger charge is -2.18. The van der Waals surface area contributed by atoms with E-state index in [1.54, 1.807) is 0 Å². The highest BCUT2D eigenvalue weighted by Crippen LogP contribution is 2.12. The molecule has 0 aliphatic rings. The van der Waals surface area contributed by atoms with Crippen molar-refractivity contribution in [2.75, 3.05) is 13.2 Å². The van der Waals surface area contributed by atoms with Crippen LogP contribution in [0.1, 0.15) is 213 Å². The molecule has 1 unspecified atom stereocenters. The Bertz CT molecular complexity index is 1400. The number of carbonyl (C=O) groups excluding carboxylic acids is 3. The molecule has 0 amide bonds. The molecule has 0 aromatic rings. The summed E-state index contributed by atoms with van der Waals surface area (Å²) in [6, 6.07) is 0. The van der Waals surface area contributed by atoms with Crippen LogP contribution < -0.4 is 0 Å². The first-order chi connectivity index (χ1) is 32.0. The van der Waals surface area contributed by atoms with Gasteiger partial charge < -0.3 is 14.2 Å². The number of unbranched alkanes of at least 4 members (excludes halogenated alkanes) is 14. The van der Waals surface area contributed by atoms with Gasteiger partial charge in [-0.25, -0.2) is 0 Å². The van der Waals surface area contributed by atoms with Gasteiger partial charge in [0.05, 0.1) is 0 Å². The lowest BCUT2D eigenvalue weighted by Crippen LogP contribution is -2.30. The van der Waals surface area contributed by atoms with Gasteiger partial charge in [0.25, 0.3) is 0 Å². The van der Waals surface area contributed by atoms with Crippen molar-refractivity contribution in [3.05, 3.63) is 122 Å². The molecule has 0 radical (unpaired) electrons. The monoisotopic (exact) mass is 899 g/mol. The molecule has 0 saturated carbocycles. The Morgan fingerprint density at radius 1 is 0.323 bits per heavy atom. The van der Waals surface area contributed by atoms with Crippen LogP contribution in [0.3, 0.4) is 0 Å². The lowest BCUT2D eigenvalue weighted by molar-refractivity contribution is -0.166. The maximum absolute atomic E-state index is 12.8. The molecule has 0 N–H and O–H groups in total. The van der Waals surface area contributed by atoms with Crippen molar-refractivity contribution in [1.82, 2.24) is 0 Å². The van der Waals surface area contributed by atoms with Crippen LogP contribution >= 0.6 is 0 Å². The standard InChI is InChI=1S/C59H94O6/c1-4-7-10-13-16-19-22-25-27-28-29-30-32-34-37-40-43-46-49-52-58(61)64-55-56(54-63-57(60)51-48-45-42-39-36-33-24-21-18-15-12-9-6-3)65-59(62)53-50-47-44-41-38-35-31-26-23-20-17-14-11-8-5-2/h7,9-10,12,16,18-19,21,25-27,29-31,33-34,36-37,42,45,56H,4-6,8,11,13-15,17,20,22-24,28,32,35,38-41,43-44,46-55H2,1-3H3/b10-7-,12-9-,19-16-,21-18-,27-25-,30-29-,31-26-,36-33-,37-34-,45-42-. The summed E-state index contributed by atoms with van der Waals surface area (Å²) in [4.78, 5) is 38.0. The molecule has 1 atom stereocenters. The molecular formula is C59H94O6. The number of esters is 3. The predicted octanol–water partition coefficient (Wildman–Crippen LogP) is 17.3. The third kappa shape index (κ3) is 50.7. The van der Waals surface area contributed by atoms with Crippen molar-refractivity contribution < 1.29 is 28.6 Å². The molecule has 0 heterocycles. The Labute approximate surface area is 399 Å². The topological polar surface area (TPSA) is 78.9 Å². The lowest BCUT2D eigenvalue weighted by atomic mass is 10.1. The van der Waals surface area contributed by atoms with E-state index in [1.807, 2.05) is 12.2 Å². The van der Waals surface area contributed by atoms with Crippen molar-refractivity contribution in [2.45, 2.75) is 219 Å². The summed E-state index contributed by atoms with van der Waals surface area (Å²) in [7, 11) is 0. The van der Waals surface area contributed by atoms with E-state index in [0.717, 1.165) is 116 Å². The summed E-state index contributed by atoms with van der Waals surface area (Å²) in [5.41, 5.74) is 0. The molecule has 0 saturated heterocycles. The minimum Gasteiger partial charge on any atom is -0.462 e. The molecule has 0 aromatic heterocycles. The van der Waals surface area contributed by atoms with Gasteiger partial charge >= 0.3 is 17.9 Å². The van der Waals surface area contributed by atoms with Gasteiger partial charge in [-0.3, -0.25) is 14.4 Å². The molecule has 65 heavy (non-hydrogen) atoms. The molecule has 0 fully saturated rings. The summed E-state index contributed by atoms with van der Waals surface area (Å²) in [6.07, 6.45) is 72.0. The smallest absolute Gasteiger partial charge is 0.306 e. The van der Waals surface area contributed by atoms with Crippen LogP contribution in [0, 0.1) is 0 Å². The summed E-state index contributed by atoms with van der Waals surface area (Å²) < 4.78 is 16.7. The first-order valence-electron chi connectivity index (χ1n) is 26.0. The molecule has 0 aliphatic carbocycles. The molecular weight excluding hydrogens is 805 g/mol. The van der Waals surface area contributed by atoms with E-state index in [9.17, 15) is 14.4 Å². The van der Waals surface area contributed by atoms with Crippen molar-refractivity contribution in [2.24, 2.45) is 0 Å². The van der Waals surface area contributed by atoms with Gasteiger partial charge in [0, 0.05) is 19.3 Å². The number of allylic oxidation sites excluding steroid dienone is 20. The summed E-state index contributed by atoms with van der Waals surface area (Å²) in [5, 5.41) is 0. The Morgan fingerprint density at radius 2 is 0.631 bits per heavy atom. The zero-order valence-corrected chi connectivity index (χ0v) is 41.7. The van der Waals surface area contributed by atoms with Gasteiger partial charge in [-0.15, -0.1) is 0 Å². The average molecular weight is 899 g/mol. The van der Waals surface area contributed by atoms with E-state index in [2.05, 4.69) is 130 Å². The van der Waals surface area contributed by atoms with Crippen molar-refractivity contribution >= 4 is 17.9 Å². The van der Waals surface area contributed by atoms with Gasteiger partial charge in [-0.1, -0.05) is 200 Å². The van der Waals surface area contributed by atoms with Crippen molar-refractivity contribution in [3.8, 4) is 0 Å². The maximum atomic E-state index is 12.8. The highest BCUT2D eigenvalue weighted by molar-refractivity contribution is 5.71. The Balaban J connectivity index is 4.55. The summed E-state index contributed by atoms with van der Waals surface area (Å²) in [5.74, 6) is -1.05. The maximum Gasteiger partial charge on any atom is 0.306 e. The van der Waals surface area contributed by atoms with E-state index >= 15 is 0 Å². The van der Waals surface area contributed by atoms with E-state index in [1.165, 1.54) is 51.4 Å². The number of hydrogen-bond donors (Lipinski definition) is 0. The van der Waals surface area contributed by atoms with Crippen LogP contribution in [-0.2, 0) is 28.6 Å².